The number of nitrogens with two attached hydrogens (primary N) is 1. The minimum atomic E-state index is -0.408. The van der Waals surface area contributed by atoms with Crippen LogP contribution in [0.3, 0.4) is 0 Å². The molecule has 0 spiro atoms. The van der Waals surface area contributed by atoms with Crippen molar-refractivity contribution in [3.8, 4) is 0 Å². The first kappa shape index (κ1) is 12.1. The van der Waals surface area contributed by atoms with Crippen molar-refractivity contribution in [1.29, 1.82) is 0 Å². The molecular formula is C12H13ClFN3. The summed E-state index contributed by atoms with van der Waals surface area (Å²) in [6, 6.07) is 4.66. The minimum absolute atomic E-state index is 0.130. The van der Waals surface area contributed by atoms with Gasteiger partial charge in [-0.3, -0.25) is 4.68 Å². The van der Waals surface area contributed by atoms with Crippen molar-refractivity contribution < 1.29 is 4.39 Å². The van der Waals surface area contributed by atoms with Crippen molar-refractivity contribution in [2.45, 2.75) is 20.0 Å². The molecule has 2 N–H and O–H groups in total. The van der Waals surface area contributed by atoms with E-state index in [0.717, 1.165) is 16.8 Å². The first-order valence-corrected chi connectivity index (χ1v) is 5.65. The molecule has 17 heavy (non-hydrogen) atoms. The van der Waals surface area contributed by atoms with Crippen LogP contribution in [0.4, 0.5) is 4.39 Å². The monoisotopic (exact) mass is 253 g/mol. The molecule has 2 rings (SSSR count). The number of hydrogen-bond acceptors (Lipinski definition) is 2. The summed E-state index contributed by atoms with van der Waals surface area (Å²) < 4.78 is 14.8. The molecule has 0 saturated heterocycles. The SMILES string of the molecule is Cc1nn(Cc2ccc(F)c(Cl)c2)cc1CN. The van der Waals surface area contributed by atoms with E-state index in [1.165, 1.54) is 6.07 Å². The van der Waals surface area contributed by atoms with Crippen LogP contribution in [-0.4, -0.2) is 9.78 Å². The van der Waals surface area contributed by atoms with Gasteiger partial charge in [-0.1, -0.05) is 17.7 Å². The van der Waals surface area contributed by atoms with Gasteiger partial charge in [-0.25, -0.2) is 4.39 Å². The Kier molecular flexibility index (Phi) is 3.45. The minimum Gasteiger partial charge on any atom is -0.326 e. The van der Waals surface area contributed by atoms with Crippen molar-refractivity contribution in [2.24, 2.45) is 5.73 Å². The van der Waals surface area contributed by atoms with Gasteiger partial charge in [0.1, 0.15) is 5.82 Å². The van der Waals surface area contributed by atoms with Crippen LogP contribution in [0.5, 0.6) is 0 Å². The van der Waals surface area contributed by atoms with E-state index in [4.69, 9.17) is 17.3 Å². The summed E-state index contributed by atoms with van der Waals surface area (Å²) in [6.07, 6.45) is 1.90. The van der Waals surface area contributed by atoms with E-state index in [2.05, 4.69) is 5.10 Å². The van der Waals surface area contributed by atoms with Gasteiger partial charge in [0.2, 0.25) is 0 Å². The molecule has 1 aromatic carbocycles. The zero-order valence-electron chi connectivity index (χ0n) is 9.45. The first-order valence-electron chi connectivity index (χ1n) is 5.27. The summed E-state index contributed by atoms with van der Waals surface area (Å²) in [5, 5.41) is 4.46. The number of rotatable bonds is 3. The Labute approximate surface area is 104 Å². The molecule has 0 bridgehead atoms. The third-order valence-electron chi connectivity index (χ3n) is 2.60. The topological polar surface area (TPSA) is 43.8 Å². The lowest BCUT2D eigenvalue weighted by Gasteiger charge is -2.03. The third-order valence-corrected chi connectivity index (χ3v) is 2.89. The molecule has 0 atom stereocenters. The summed E-state index contributed by atoms with van der Waals surface area (Å²) >= 11 is 5.72. The maximum absolute atomic E-state index is 13.0. The second kappa shape index (κ2) is 4.85. The summed E-state index contributed by atoms with van der Waals surface area (Å²) in [7, 11) is 0. The van der Waals surface area contributed by atoms with Gasteiger partial charge in [0.05, 0.1) is 17.3 Å². The predicted molar refractivity (Wildman–Crippen MR) is 65.4 cm³/mol. The van der Waals surface area contributed by atoms with Crippen molar-refractivity contribution in [3.63, 3.8) is 0 Å². The fraction of sp³-hybridized carbons (Fsp3) is 0.250. The summed E-state index contributed by atoms with van der Waals surface area (Å²) in [6.45, 7) is 2.94. The molecule has 0 saturated carbocycles. The lowest BCUT2D eigenvalue weighted by atomic mass is 10.2. The zero-order chi connectivity index (χ0) is 12.4. The molecule has 0 aliphatic carbocycles. The second-order valence-electron chi connectivity index (χ2n) is 3.89. The third kappa shape index (κ3) is 2.65. The van der Waals surface area contributed by atoms with Gasteiger partial charge >= 0.3 is 0 Å². The Hall–Kier alpha value is -1.39. The molecule has 0 amide bonds. The summed E-state index contributed by atoms with van der Waals surface area (Å²) in [5.41, 5.74) is 8.41. The largest absolute Gasteiger partial charge is 0.326 e. The summed E-state index contributed by atoms with van der Waals surface area (Å²) in [5.74, 6) is -0.408. The molecule has 0 radical (unpaired) electrons. The Balaban J connectivity index is 2.22. The van der Waals surface area contributed by atoms with Gasteiger partial charge in [0, 0.05) is 18.3 Å². The molecule has 0 aliphatic heterocycles. The Morgan fingerprint density at radius 3 is 2.82 bits per heavy atom. The van der Waals surface area contributed by atoms with Crippen LogP contribution in [0.15, 0.2) is 24.4 Å². The smallest absolute Gasteiger partial charge is 0.141 e. The van der Waals surface area contributed by atoms with Gasteiger partial charge in [0.15, 0.2) is 0 Å². The second-order valence-corrected chi connectivity index (χ2v) is 4.30. The molecule has 90 valence electrons. The van der Waals surface area contributed by atoms with E-state index in [-0.39, 0.29) is 5.02 Å². The highest BCUT2D eigenvalue weighted by molar-refractivity contribution is 6.30. The van der Waals surface area contributed by atoms with Crippen molar-refractivity contribution in [1.82, 2.24) is 9.78 Å². The number of benzene rings is 1. The maximum atomic E-state index is 13.0. The van der Waals surface area contributed by atoms with Gasteiger partial charge in [0.25, 0.3) is 0 Å². The molecule has 0 aliphatic rings. The highest BCUT2D eigenvalue weighted by atomic mass is 35.5. The average Bonchev–Trinajstić information content (AvgIpc) is 2.64. The number of aromatic nitrogens is 2. The Morgan fingerprint density at radius 1 is 1.47 bits per heavy atom. The quantitative estimate of drug-likeness (QED) is 0.913. The van der Waals surface area contributed by atoms with Crippen molar-refractivity contribution >= 4 is 11.6 Å². The molecule has 5 heteroatoms. The lowest BCUT2D eigenvalue weighted by molar-refractivity contribution is 0.624. The maximum Gasteiger partial charge on any atom is 0.141 e. The fourth-order valence-corrected chi connectivity index (χ4v) is 1.87. The van der Waals surface area contributed by atoms with Crippen molar-refractivity contribution in [3.05, 3.63) is 52.1 Å². The highest BCUT2D eigenvalue weighted by Crippen LogP contribution is 2.17. The summed E-state index contributed by atoms with van der Waals surface area (Å²) in [4.78, 5) is 0. The average molecular weight is 254 g/mol. The molecule has 0 unspecified atom stereocenters. The predicted octanol–water partition coefficient (Wildman–Crippen LogP) is 2.49. The van der Waals surface area contributed by atoms with Crippen LogP contribution in [0.25, 0.3) is 0 Å². The van der Waals surface area contributed by atoms with Gasteiger partial charge in [-0.15, -0.1) is 0 Å². The number of halogens is 2. The zero-order valence-corrected chi connectivity index (χ0v) is 10.2. The highest BCUT2D eigenvalue weighted by Gasteiger charge is 2.05. The van der Waals surface area contributed by atoms with Crippen LogP contribution in [-0.2, 0) is 13.1 Å². The van der Waals surface area contributed by atoms with Crippen LogP contribution >= 0.6 is 11.6 Å². The van der Waals surface area contributed by atoms with Crippen molar-refractivity contribution in [2.75, 3.05) is 0 Å². The van der Waals surface area contributed by atoms with Gasteiger partial charge in [-0.2, -0.15) is 5.10 Å². The van der Waals surface area contributed by atoms with E-state index in [0.29, 0.717) is 13.1 Å². The normalized spacial score (nSPS) is 10.8. The van der Waals surface area contributed by atoms with E-state index in [1.54, 1.807) is 16.8 Å². The molecular weight excluding hydrogens is 241 g/mol. The van der Waals surface area contributed by atoms with Crippen LogP contribution < -0.4 is 5.73 Å². The van der Waals surface area contributed by atoms with Crippen LogP contribution in [0, 0.1) is 12.7 Å². The molecule has 1 aromatic heterocycles. The van der Waals surface area contributed by atoms with E-state index >= 15 is 0 Å². The van der Waals surface area contributed by atoms with E-state index < -0.39 is 5.82 Å². The van der Waals surface area contributed by atoms with Gasteiger partial charge < -0.3 is 5.73 Å². The Morgan fingerprint density at radius 2 is 2.24 bits per heavy atom. The molecule has 3 nitrogen and oxygen atoms in total. The number of nitrogens with zero attached hydrogens (tertiary/aromatic N) is 2. The number of aryl methyl sites for hydroxylation is 1. The number of hydrogen-bond donors (Lipinski definition) is 1. The fourth-order valence-electron chi connectivity index (χ4n) is 1.67. The van der Waals surface area contributed by atoms with E-state index in [9.17, 15) is 4.39 Å². The van der Waals surface area contributed by atoms with Crippen LogP contribution in [0.2, 0.25) is 5.02 Å². The molecule has 0 fully saturated rings. The standard InChI is InChI=1S/C12H13ClFN3/c1-8-10(5-15)7-17(16-8)6-9-2-3-12(14)11(13)4-9/h2-4,7H,5-6,15H2,1H3. The first-order chi connectivity index (χ1) is 8.10. The molecule has 1 heterocycles. The molecule has 2 aromatic rings. The lowest BCUT2D eigenvalue weighted by Crippen LogP contribution is -2.00. The van der Waals surface area contributed by atoms with Crippen LogP contribution in [0.1, 0.15) is 16.8 Å². The van der Waals surface area contributed by atoms with E-state index in [1.807, 2.05) is 13.1 Å². The Bertz CT molecular complexity index is 537. The van der Waals surface area contributed by atoms with Gasteiger partial charge in [-0.05, 0) is 24.6 Å².